The zero-order valence-electron chi connectivity index (χ0n) is 17.6. The van der Waals surface area contributed by atoms with E-state index in [1.54, 1.807) is 11.8 Å². The smallest absolute Gasteiger partial charge is 0.416 e. The van der Waals surface area contributed by atoms with Crippen molar-refractivity contribution in [2.24, 2.45) is 0 Å². The van der Waals surface area contributed by atoms with Crippen LogP contribution in [0.25, 0.3) is 0 Å². The fraction of sp³-hybridized carbons (Fsp3) is 0.682. The van der Waals surface area contributed by atoms with Gasteiger partial charge in [-0.2, -0.15) is 0 Å². The van der Waals surface area contributed by atoms with Gasteiger partial charge in [0.1, 0.15) is 11.4 Å². The van der Waals surface area contributed by atoms with Crippen LogP contribution < -0.4 is 4.90 Å². The summed E-state index contributed by atoms with van der Waals surface area (Å²) in [6.45, 7) is 8.08. The fourth-order valence-corrected chi connectivity index (χ4v) is 4.31. The number of carbonyl (C=O) groups is 2. The molecule has 1 aliphatic carbocycles. The number of likely N-dealkylation sites (tertiary alicyclic amines) is 1. The van der Waals surface area contributed by atoms with Crippen LogP contribution in [0.1, 0.15) is 84.2 Å². The van der Waals surface area contributed by atoms with Gasteiger partial charge in [-0.3, -0.25) is 9.69 Å². The van der Waals surface area contributed by atoms with Crippen LogP contribution in [0.15, 0.2) is 18.3 Å². The van der Waals surface area contributed by atoms with Crippen molar-refractivity contribution in [2.75, 3.05) is 11.4 Å². The maximum atomic E-state index is 13.0. The molecule has 3 rings (SSSR count). The lowest BCUT2D eigenvalue weighted by Gasteiger charge is -2.35. The Bertz CT molecular complexity index is 690. The van der Waals surface area contributed by atoms with Crippen LogP contribution in [0.4, 0.5) is 10.6 Å². The second-order valence-corrected chi connectivity index (χ2v) is 8.96. The number of hydrogen-bond acceptors (Lipinski definition) is 4. The SMILES string of the molecule is CC(=O)N1CCC[C@@H]1c1ccc(N(C(=O)OC(C)(C)C)C2CCCCC2)nc1. The zero-order valence-corrected chi connectivity index (χ0v) is 17.6. The highest BCUT2D eigenvalue weighted by Crippen LogP contribution is 2.33. The van der Waals surface area contributed by atoms with E-state index in [9.17, 15) is 9.59 Å². The van der Waals surface area contributed by atoms with Crippen LogP contribution in [-0.4, -0.2) is 40.1 Å². The number of hydrogen-bond donors (Lipinski definition) is 0. The topological polar surface area (TPSA) is 62.7 Å². The van der Waals surface area contributed by atoms with Crippen LogP contribution in [0.5, 0.6) is 0 Å². The first kappa shape index (κ1) is 20.6. The molecule has 2 heterocycles. The van der Waals surface area contributed by atoms with Gasteiger partial charge in [-0.25, -0.2) is 9.78 Å². The number of anilines is 1. The molecule has 2 amide bonds. The molecule has 1 aliphatic heterocycles. The summed E-state index contributed by atoms with van der Waals surface area (Å²) in [7, 11) is 0. The Kier molecular flexibility index (Phi) is 6.26. The monoisotopic (exact) mass is 387 g/mol. The number of aromatic nitrogens is 1. The Balaban J connectivity index is 1.83. The normalized spacial score (nSPS) is 20.9. The maximum absolute atomic E-state index is 13.0. The summed E-state index contributed by atoms with van der Waals surface area (Å²) in [5, 5.41) is 0. The summed E-state index contributed by atoms with van der Waals surface area (Å²) < 4.78 is 5.68. The minimum Gasteiger partial charge on any atom is -0.443 e. The Morgan fingerprint density at radius 2 is 1.82 bits per heavy atom. The first-order chi connectivity index (χ1) is 13.3. The molecule has 28 heavy (non-hydrogen) atoms. The molecule has 1 saturated carbocycles. The molecular formula is C22H33N3O3. The molecule has 0 bridgehead atoms. The molecule has 0 radical (unpaired) electrons. The summed E-state index contributed by atoms with van der Waals surface area (Å²) in [5.41, 5.74) is 0.486. The van der Waals surface area contributed by atoms with Crippen LogP contribution in [0.2, 0.25) is 0 Å². The average molecular weight is 388 g/mol. The predicted octanol–water partition coefficient (Wildman–Crippen LogP) is 4.84. The van der Waals surface area contributed by atoms with Gasteiger partial charge < -0.3 is 9.64 Å². The van der Waals surface area contributed by atoms with Crippen molar-refractivity contribution in [3.8, 4) is 0 Å². The van der Waals surface area contributed by atoms with Gasteiger partial charge in [0.05, 0.1) is 6.04 Å². The number of nitrogens with zero attached hydrogens (tertiary/aromatic N) is 3. The van der Waals surface area contributed by atoms with Crippen molar-refractivity contribution in [2.45, 2.75) is 90.3 Å². The van der Waals surface area contributed by atoms with Crippen molar-refractivity contribution in [1.29, 1.82) is 0 Å². The van der Waals surface area contributed by atoms with Gasteiger partial charge >= 0.3 is 6.09 Å². The Morgan fingerprint density at radius 3 is 2.39 bits per heavy atom. The lowest BCUT2D eigenvalue weighted by Crippen LogP contribution is -2.45. The molecule has 154 valence electrons. The molecule has 0 unspecified atom stereocenters. The van der Waals surface area contributed by atoms with Gasteiger partial charge in [0, 0.05) is 25.7 Å². The van der Waals surface area contributed by atoms with Crippen LogP contribution in [0, 0.1) is 0 Å². The highest BCUT2D eigenvalue weighted by Gasteiger charge is 2.32. The number of ether oxygens (including phenoxy) is 1. The van der Waals surface area contributed by atoms with Crippen molar-refractivity contribution in [1.82, 2.24) is 9.88 Å². The third kappa shape index (κ3) is 4.83. The highest BCUT2D eigenvalue weighted by molar-refractivity contribution is 5.87. The van der Waals surface area contributed by atoms with E-state index in [2.05, 4.69) is 4.98 Å². The van der Waals surface area contributed by atoms with Gasteiger partial charge in [0.15, 0.2) is 0 Å². The molecule has 1 aromatic heterocycles. The molecule has 1 saturated heterocycles. The van der Waals surface area contributed by atoms with Crippen molar-refractivity contribution in [3.63, 3.8) is 0 Å². The Hall–Kier alpha value is -2.11. The Morgan fingerprint density at radius 1 is 1.11 bits per heavy atom. The minimum atomic E-state index is -0.546. The first-order valence-electron chi connectivity index (χ1n) is 10.5. The number of rotatable bonds is 3. The summed E-state index contributed by atoms with van der Waals surface area (Å²) in [6.07, 6.45) is 8.87. The van der Waals surface area contributed by atoms with E-state index >= 15 is 0 Å². The molecule has 2 aliphatic rings. The molecule has 0 spiro atoms. The number of carbonyl (C=O) groups excluding carboxylic acids is 2. The van der Waals surface area contributed by atoms with E-state index in [-0.39, 0.29) is 24.1 Å². The summed E-state index contributed by atoms with van der Waals surface area (Å²) in [5.74, 6) is 0.737. The first-order valence-corrected chi connectivity index (χ1v) is 10.5. The number of amides is 2. The quantitative estimate of drug-likeness (QED) is 0.744. The molecule has 1 aromatic rings. The molecule has 6 nitrogen and oxygen atoms in total. The fourth-order valence-electron chi connectivity index (χ4n) is 4.31. The molecule has 6 heteroatoms. The lowest BCUT2D eigenvalue weighted by atomic mass is 9.94. The van der Waals surface area contributed by atoms with Crippen LogP contribution >= 0.6 is 0 Å². The van der Waals surface area contributed by atoms with E-state index < -0.39 is 5.60 Å². The zero-order chi connectivity index (χ0) is 20.3. The van der Waals surface area contributed by atoms with E-state index in [1.807, 2.05) is 44.0 Å². The Labute approximate surface area is 168 Å². The van der Waals surface area contributed by atoms with Crippen LogP contribution in [0.3, 0.4) is 0 Å². The van der Waals surface area contributed by atoms with Crippen LogP contribution in [-0.2, 0) is 9.53 Å². The van der Waals surface area contributed by atoms with Crippen molar-refractivity contribution >= 4 is 17.8 Å². The highest BCUT2D eigenvalue weighted by atomic mass is 16.6. The average Bonchev–Trinajstić information content (AvgIpc) is 3.12. The summed E-state index contributed by atoms with van der Waals surface area (Å²) >= 11 is 0. The van der Waals surface area contributed by atoms with E-state index in [4.69, 9.17) is 4.74 Å². The standard InChI is InChI=1S/C22H33N3O3/c1-16(26)24-14-8-11-19(24)17-12-13-20(23-15-17)25(18-9-6-5-7-10-18)21(27)28-22(2,3)4/h12-13,15,18-19H,5-11,14H2,1-4H3/t19-/m1/s1. The lowest BCUT2D eigenvalue weighted by molar-refractivity contribution is -0.129. The van der Waals surface area contributed by atoms with E-state index in [1.165, 1.54) is 6.42 Å². The van der Waals surface area contributed by atoms with E-state index in [0.29, 0.717) is 5.82 Å². The van der Waals surface area contributed by atoms with Crippen molar-refractivity contribution < 1.29 is 14.3 Å². The van der Waals surface area contributed by atoms with Gasteiger partial charge in [-0.1, -0.05) is 25.3 Å². The molecule has 0 aromatic carbocycles. The van der Waals surface area contributed by atoms with Gasteiger partial charge in [0.25, 0.3) is 0 Å². The summed E-state index contributed by atoms with van der Waals surface area (Å²) in [6, 6.07) is 4.13. The number of pyridine rings is 1. The molecular weight excluding hydrogens is 354 g/mol. The van der Waals surface area contributed by atoms with Gasteiger partial charge in [-0.05, 0) is 58.1 Å². The van der Waals surface area contributed by atoms with Crippen molar-refractivity contribution in [3.05, 3.63) is 23.9 Å². The summed E-state index contributed by atoms with van der Waals surface area (Å²) in [4.78, 5) is 33.1. The second kappa shape index (κ2) is 8.50. The molecule has 0 N–H and O–H groups in total. The second-order valence-electron chi connectivity index (χ2n) is 8.96. The van der Waals surface area contributed by atoms with Gasteiger partial charge in [0.2, 0.25) is 5.91 Å². The largest absolute Gasteiger partial charge is 0.443 e. The predicted molar refractivity (Wildman–Crippen MR) is 109 cm³/mol. The third-order valence-electron chi connectivity index (χ3n) is 5.59. The maximum Gasteiger partial charge on any atom is 0.416 e. The third-order valence-corrected chi connectivity index (χ3v) is 5.59. The van der Waals surface area contributed by atoms with Gasteiger partial charge in [-0.15, -0.1) is 0 Å². The molecule has 1 atom stereocenters. The molecule has 2 fully saturated rings. The van der Waals surface area contributed by atoms with E-state index in [0.717, 1.165) is 50.6 Å². The minimum absolute atomic E-state index is 0.0868.